The minimum atomic E-state index is -0.0278. The number of anilines is 2. The highest BCUT2D eigenvalue weighted by molar-refractivity contribution is 6.06. The van der Waals surface area contributed by atoms with Crippen molar-refractivity contribution in [1.82, 2.24) is 15.3 Å². The Morgan fingerprint density at radius 2 is 2.00 bits per heavy atom. The van der Waals surface area contributed by atoms with Crippen LogP contribution in [0.25, 0.3) is 0 Å². The van der Waals surface area contributed by atoms with Crippen molar-refractivity contribution >= 4 is 17.5 Å². The number of aryl methyl sites for hydroxylation is 2. The van der Waals surface area contributed by atoms with E-state index in [4.69, 9.17) is 0 Å². The van der Waals surface area contributed by atoms with E-state index in [-0.39, 0.29) is 5.91 Å². The Balaban J connectivity index is 2.23. The monoisotopic (exact) mass is 439 g/mol. The number of hydrogen-bond donors (Lipinski definition) is 2. The third-order valence-corrected chi connectivity index (χ3v) is 5.95. The Hall–Kier alpha value is -2.47. The molecule has 0 bridgehead atoms. The van der Waals surface area contributed by atoms with Gasteiger partial charge < -0.3 is 15.5 Å². The van der Waals surface area contributed by atoms with Crippen LogP contribution in [0.4, 0.5) is 11.6 Å². The quantitative estimate of drug-likeness (QED) is 0.394. The molecule has 0 saturated heterocycles. The van der Waals surface area contributed by atoms with E-state index in [1.54, 1.807) is 6.20 Å². The lowest BCUT2D eigenvalue weighted by Gasteiger charge is -2.25. The third kappa shape index (κ3) is 7.90. The Labute approximate surface area is 194 Å². The highest BCUT2D eigenvalue weighted by Crippen LogP contribution is 2.23. The molecule has 2 N–H and O–H groups in total. The van der Waals surface area contributed by atoms with Crippen molar-refractivity contribution in [2.45, 2.75) is 66.2 Å². The topological polar surface area (TPSA) is 70.2 Å². The minimum absolute atomic E-state index is 0.0278. The SMILES string of the molecule is CCNc1ncc(C(=O)N(CCC(C)CC)c2cccc(CCCCCNC)c2)c(C)n1. The molecule has 0 fully saturated rings. The van der Waals surface area contributed by atoms with Crippen LogP contribution in [0.1, 0.15) is 74.5 Å². The maximum Gasteiger partial charge on any atom is 0.261 e. The van der Waals surface area contributed by atoms with Gasteiger partial charge in [0.2, 0.25) is 5.95 Å². The fourth-order valence-corrected chi connectivity index (χ4v) is 3.65. The Kier molecular flexibility index (Phi) is 11.2. The van der Waals surface area contributed by atoms with E-state index < -0.39 is 0 Å². The average molecular weight is 440 g/mol. The molecule has 1 unspecified atom stereocenters. The van der Waals surface area contributed by atoms with E-state index in [2.05, 4.69) is 52.6 Å². The number of hydrogen-bond acceptors (Lipinski definition) is 5. The minimum Gasteiger partial charge on any atom is -0.354 e. The van der Waals surface area contributed by atoms with Crippen LogP contribution in [0.5, 0.6) is 0 Å². The van der Waals surface area contributed by atoms with Crippen molar-refractivity contribution in [3.8, 4) is 0 Å². The second-order valence-corrected chi connectivity index (χ2v) is 8.57. The summed E-state index contributed by atoms with van der Waals surface area (Å²) in [6.07, 6.45) is 8.31. The van der Waals surface area contributed by atoms with Crippen LogP contribution < -0.4 is 15.5 Å². The number of carbonyl (C=O) groups is 1. The van der Waals surface area contributed by atoms with E-state index in [0.717, 1.165) is 44.5 Å². The van der Waals surface area contributed by atoms with Crippen molar-refractivity contribution < 1.29 is 4.79 Å². The summed E-state index contributed by atoms with van der Waals surface area (Å²) in [7, 11) is 2.00. The third-order valence-electron chi connectivity index (χ3n) is 5.95. The first-order valence-electron chi connectivity index (χ1n) is 12.1. The van der Waals surface area contributed by atoms with Crippen LogP contribution >= 0.6 is 0 Å². The first-order chi connectivity index (χ1) is 15.5. The Bertz CT molecular complexity index is 839. The standard InChI is InChI=1S/C26H41N5O/c1-6-20(3)15-17-31(25(32)24-19-29-26(28-7-2)30-21(24)4)23-14-11-13-22(18-23)12-9-8-10-16-27-5/h11,13-14,18-20,27H,6-10,12,15-17H2,1-5H3,(H,28,29,30). The molecule has 2 rings (SSSR count). The van der Waals surface area contributed by atoms with E-state index in [9.17, 15) is 4.79 Å². The highest BCUT2D eigenvalue weighted by atomic mass is 16.2. The fourth-order valence-electron chi connectivity index (χ4n) is 3.65. The smallest absolute Gasteiger partial charge is 0.261 e. The molecule has 1 aromatic heterocycles. The molecule has 6 nitrogen and oxygen atoms in total. The number of carbonyl (C=O) groups excluding carboxylic acids is 1. The van der Waals surface area contributed by atoms with Crippen LogP contribution in [0, 0.1) is 12.8 Å². The van der Waals surface area contributed by atoms with Gasteiger partial charge in [-0.2, -0.15) is 0 Å². The van der Waals surface area contributed by atoms with Crippen molar-refractivity contribution in [2.75, 3.05) is 36.9 Å². The van der Waals surface area contributed by atoms with Crippen LogP contribution in [0.2, 0.25) is 0 Å². The molecule has 0 radical (unpaired) electrons. The summed E-state index contributed by atoms with van der Waals surface area (Å²) in [5, 5.41) is 6.31. The summed E-state index contributed by atoms with van der Waals surface area (Å²) in [5.74, 6) is 1.10. The number of amides is 1. The van der Waals surface area contributed by atoms with Crippen LogP contribution in [-0.4, -0.2) is 42.6 Å². The number of rotatable bonds is 14. The highest BCUT2D eigenvalue weighted by Gasteiger charge is 2.21. The largest absolute Gasteiger partial charge is 0.354 e. The summed E-state index contributed by atoms with van der Waals surface area (Å²) >= 11 is 0. The number of nitrogens with zero attached hydrogens (tertiary/aromatic N) is 3. The van der Waals surface area contributed by atoms with Crippen LogP contribution in [0.15, 0.2) is 30.5 Å². The van der Waals surface area contributed by atoms with Gasteiger partial charge >= 0.3 is 0 Å². The summed E-state index contributed by atoms with van der Waals surface area (Å²) < 4.78 is 0. The predicted octanol–water partition coefficient (Wildman–Crippen LogP) is 5.23. The van der Waals surface area contributed by atoms with Gasteiger partial charge in [-0.15, -0.1) is 0 Å². The van der Waals surface area contributed by atoms with Crippen molar-refractivity contribution in [1.29, 1.82) is 0 Å². The molecule has 0 aliphatic heterocycles. The lowest BCUT2D eigenvalue weighted by atomic mass is 10.0. The molecule has 1 heterocycles. The van der Waals surface area contributed by atoms with Gasteiger partial charge in [-0.25, -0.2) is 9.97 Å². The molecule has 0 aliphatic rings. The lowest BCUT2D eigenvalue weighted by molar-refractivity contribution is 0.0984. The molecule has 0 aliphatic carbocycles. The number of unbranched alkanes of at least 4 members (excludes halogenated alkanes) is 2. The zero-order chi connectivity index (χ0) is 23.3. The molecule has 1 aromatic carbocycles. The molecular weight excluding hydrogens is 398 g/mol. The number of nitrogens with one attached hydrogen (secondary N) is 2. The molecule has 176 valence electrons. The summed E-state index contributed by atoms with van der Waals surface area (Å²) in [6, 6.07) is 8.45. The van der Waals surface area contributed by atoms with Gasteiger partial charge in [0.25, 0.3) is 5.91 Å². The second kappa shape index (κ2) is 13.8. The molecule has 6 heteroatoms. The molecule has 0 spiro atoms. The number of benzene rings is 1. The zero-order valence-electron chi connectivity index (χ0n) is 20.6. The van der Waals surface area contributed by atoms with Crippen molar-refractivity contribution in [3.05, 3.63) is 47.3 Å². The molecule has 0 saturated carbocycles. The van der Waals surface area contributed by atoms with Gasteiger partial charge in [0.15, 0.2) is 0 Å². The first-order valence-corrected chi connectivity index (χ1v) is 12.1. The summed E-state index contributed by atoms with van der Waals surface area (Å²) in [5.41, 5.74) is 3.51. The molecule has 1 atom stereocenters. The molecular formula is C26H41N5O. The lowest BCUT2D eigenvalue weighted by Crippen LogP contribution is -2.33. The van der Waals surface area contributed by atoms with Crippen LogP contribution in [-0.2, 0) is 6.42 Å². The van der Waals surface area contributed by atoms with Crippen LogP contribution in [0.3, 0.4) is 0 Å². The van der Waals surface area contributed by atoms with Crippen molar-refractivity contribution in [3.63, 3.8) is 0 Å². The number of aromatic nitrogens is 2. The molecule has 32 heavy (non-hydrogen) atoms. The van der Waals surface area contributed by atoms with Gasteiger partial charge in [-0.05, 0) is 76.7 Å². The van der Waals surface area contributed by atoms with Gasteiger partial charge in [0, 0.05) is 25.0 Å². The van der Waals surface area contributed by atoms with Crippen molar-refractivity contribution in [2.24, 2.45) is 5.92 Å². The van der Waals surface area contributed by atoms with Gasteiger partial charge in [0.05, 0.1) is 11.3 Å². The maximum absolute atomic E-state index is 13.6. The Morgan fingerprint density at radius 3 is 2.69 bits per heavy atom. The molecule has 2 aromatic rings. The first kappa shape index (κ1) is 25.8. The van der Waals surface area contributed by atoms with Gasteiger partial charge in [0.1, 0.15) is 0 Å². The van der Waals surface area contributed by atoms with E-state index in [0.29, 0.717) is 29.7 Å². The van der Waals surface area contributed by atoms with Gasteiger partial charge in [-0.3, -0.25) is 4.79 Å². The van der Waals surface area contributed by atoms with E-state index >= 15 is 0 Å². The van der Waals surface area contributed by atoms with E-state index in [1.807, 2.05) is 31.9 Å². The summed E-state index contributed by atoms with van der Waals surface area (Å²) in [6.45, 7) is 10.8. The second-order valence-electron chi connectivity index (χ2n) is 8.57. The van der Waals surface area contributed by atoms with Gasteiger partial charge in [-0.1, -0.05) is 38.8 Å². The zero-order valence-corrected chi connectivity index (χ0v) is 20.6. The average Bonchev–Trinajstić information content (AvgIpc) is 2.79. The predicted molar refractivity (Wildman–Crippen MR) is 135 cm³/mol. The Morgan fingerprint density at radius 1 is 1.19 bits per heavy atom. The molecule has 1 amide bonds. The van der Waals surface area contributed by atoms with E-state index in [1.165, 1.54) is 18.4 Å². The normalized spacial score (nSPS) is 11.9. The maximum atomic E-state index is 13.6. The summed E-state index contributed by atoms with van der Waals surface area (Å²) in [4.78, 5) is 24.3. The fraction of sp³-hybridized carbons (Fsp3) is 0.577.